The lowest BCUT2D eigenvalue weighted by atomic mass is 10.2. The normalized spacial score (nSPS) is 13.5. The average Bonchev–Trinajstić information content (AvgIpc) is 3.11. The van der Waals surface area contributed by atoms with Crippen LogP contribution in [0.3, 0.4) is 0 Å². The van der Waals surface area contributed by atoms with Crippen molar-refractivity contribution in [1.82, 2.24) is 10.6 Å². The Morgan fingerprint density at radius 3 is 2.43 bits per heavy atom. The molecule has 146 valence electrons. The molecule has 8 heteroatoms. The van der Waals surface area contributed by atoms with Gasteiger partial charge in [0.15, 0.2) is 0 Å². The van der Waals surface area contributed by atoms with Gasteiger partial charge in [0.25, 0.3) is 5.91 Å². The van der Waals surface area contributed by atoms with Crippen LogP contribution in [0.15, 0.2) is 42.5 Å². The van der Waals surface area contributed by atoms with Crippen LogP contribution in [-0.2, 0) is 16.1 Å². The van der Waals surface area contributed by atoms with Gasteiger partial charge in [0.05, 0.1) is 17.1 Å². The second kappa shape index (κ2) is 9.08. The van der Waals surface area contributed by atoms with Gasteiger partial charge in [-0.1, -0.05) is 35.3 Å². The number of rotatable bonds is 6. The van der Waals surface area contributed by atoms with Gasteiger partial charge in [0.1, 0.15) is 0 Å². The average molecular weight is 420 g/mol. The second-order valence-corrected chi connectivity index (χ2v) is 7.24. The summed E-state index contributed by atoms with van der Waals surface area (Å²) >= 11 is 11.8. The summed E-state index contributed by atoms with van der Waals surface area (Å²) in [6.07, 6.45) is 1.47. The van der Waals surface area contributed by atoms with Gasteiger partial charge in [-0.25, -0.2) is 0 Å². The van der Waals surface area contributed by atoms with Crippen molar-refractivity contribution in [2.45, 2.75) is 19.4 Å². The molecule has 0 radical (unpaired) electrons. The molecule has 0 aromatic heterocycles. The lowest BCUT2D eigenvalue weighted by Gasteiger charge is -2.16. The van der Waals surface area contributed by atoms with Crippen molar-refractivity contribution in [3.8, 4) is 0 Å². The Balaban J connectivity index is 1.46. The fourth-order valence-electron chi connectivity index (χ4n) is 2.91. The zero-order valence-electron chi connectivity index (χ0n) is 15.0. The minimum absolute atomic E-state index is 0.137. The van der Waals surface area contributed by atoms with Crippen molar-refractivity contribution in [1.29, 1.82) is 0 Å². The maximum absolute atomic E-state index is 12.1. The lowest BCUT2D eigenvalue weighted by molar-refractivity contribution is -0.120. The third-order valence-corrected chi connectivity index (χ3v) is 4.94. The molecule has 6 nitrogen and oxygen atoms in total. The van der Waals surface area contributed by atoms with Gasteiger partial charge in [0.2, 0.25) is 11.8 Å². The summed E-state index contributed by atoms with van der Waals surface area (Å²) in [6, 6.07) is 12.0. The molecule has 0 bridgehead atoms. The summed E-state index contributed by atoms with van der Waals surface area (Å²) in [5.41, 5.74) is 2.02. The molecule has 0 atom stereocenters. The van der Waals surface area contributed by atoms with Gasteiger partial charge in [-0.3, -0.25) is 14.4 Å². The first-order chi connectivity index (χ1) is 13.4. The molecule has 3 amide bonds. The van der Waals surface area contributed by atoms with E-state index in [1.807, 2.05) is 24.3 Å². The highest BCUT2D eigenvalue weighted by atomic mass is 35.5. The molecule has 0 saturated carbocycles. The number of amides is 3. The number of nitrogens with one attached hydrogen (secondary N) is 2. The Bertz CT molecular complexity index is 900. The van der Waals surface area contributed by atoms with Gasteiger partial charge in [-0.15, -0.1) is 0 Å². The predicted octanol–water partition coefficient (Wildman–Crippen LogP) is 3.17. The minimum atomic E-state index is -0.448. The Labute approximate surface area is 172 Å². The molecule has 2 N–H and O–H groups in total. The third-order valence-electron chi connectivity index (χ3n) is 4.40. The van der Waals surface area contributed by atoms with Crippen molar-refractivity contribution in [3.63, 3.8) is 0 Å². The smallest absolute Gasteiger partial charge is 0.253 e. The molecule has 1 saturated heterocycles. The Morgan fingerprint density at radius 2 is 1.79 bits per heavy atom. The number of anilines is 1. The predicted molar refractivity (Wildman–Crippen MR) is 109 cm³/mol. The Kier molecular flexibility index (Phi) is 6.54. The number of carbonyl (C=O) groups excluding carboxylic acids is 3. The Morgan fingerprint density at radius 1 is 1.04 bits per heavy atom. The van der Waals surface area contributed by atoms with Crippen molar-refractivity contribution in [2.24, 2.45) is 0 Å². The third kappa shape index (κ3) is 5.03. The first-order valence-electron chi connectivity index (χ1n) is 8.83. The molecule has 1 aliphatic heterocycles. The van der Waals surface area contributed by atoms with Crippen LogP contribution in [0.2, 0.25) is 10.0 Å². The van der Waals surface area contributed by atoms with Crippen LogP contribution in [0.25, 0.3) is 0 Å². The minimum Gasteiger partial charge on any atom is -0.350 e. The monoisotopic (exact) mass is 419 g/mol. The largest absolute Gasteiger partial charge is 0.350 e. The highest BCUT2D eigenvalue weighted by Gasteiger charge is 2.21. The maximum Gasteiger partial charge on any atom is 0.253 e. The number of nitrogens with zero attached hydrogens (tertiary/aromatic N) is 1. The highest BCUT2D eigenvalue weighted by Crippen LogP contribution is 2.22. The molecular weight excluding hydrogens is 401 g/mol. The van der Waals surface area contributed by atoms with Gasteiger partial charge in [0, 0.05) is 30.2 Å². The zero-order chi connectivity index (χ0) is 20.1. The van der Waals surface area contributed by atoms with Crippen LogP contribution in [-0.4, -0.2) is 30.8 Å². The summed E-state index contributed by atoms with van der Waals surface area (Å²) in [5, 5.41) is 5.92. The van der Waals surface area contributed by atoms with Gasteiger partial charge < -0.3 is 15.5 Å². The molecule has 28 heavy (non-hydrogen) atoms. The highest BCUT2D eigenvalue weighted by molar-refractivity contribution is 6.36. The van der Waals surface area contributed by atoms with E-state index < -0.39 is 5.91 Å². The van der Waals surface area contributed by atoms with E-state index in [9.17, 15) is 14.4 Å². The van der Waals surface area contributed by atoms with Crippen molar-refractivity contribution >= 4 is 46.6 Å². The first kappa shape index (κ1) is 20.2. The molecule has 3 rings (SSSR count). The van der Waals surface area contributed by atoms with E-state index in [-0.39, 0.29) is 28.9 Å². The lowest BCUT2D eigenvalue weighted by Crippen LogP contribution is -2.36. The summed E-state index contributed by atoms with van der Waals surface area (Å²) in [6.45, 7) is 0.898. The van der Waals surface area contributed by atoms with E-state index in [4.69, 9.17) is 23.2 Å². The van der Waals surface area contributed by atoms with E-state index in [0.29, 0.717) is 18.0 Å². The fraction of sp³-hybridized carbons (Fsp3) is 0.250. The molecule has 1 aliphatic rings. The summed E-state index contributed by atoms with van der Waals surface area (Å²) in [5.74, 6) is -0.633. The van der Waals surface area contributed by atoms with Crippen LogP contribution < -0.4 is 15.5 Å². The zero-order valence-corrected chi connectivity index (χ0v) is 16.5. The number of benzene rings is 2. The van der Waals surface area contributed by atoms with Crippen LogP contribution >= 0.6 is 23.2 Å². The molecule has 0 unspecified atom stereocenters. The number of halogens is 2. The van der Waals surface area contributed by atoms with E-state index in [1.165, 1.54) is 12.1 Å². The number of hydrogen-bond acceptors (Lipinski definition) is 3. The Hall–Kier alpha value is -2.57. The van der Waals surface area contributed by atoms with Gasteiger partial charge >= 0.3 is 0 Å². The van der Waals surface area contributed by atoms with Gasteiger partial charge in [-0.05, 0) is 42.3 Å². The van der Waals surface area contributed by atoms with E-state index in [1.54, 1.807) is 11.0 Å². The first-order valence-corrected chi connectivity index (χ1v) is 9.59. The summed E-state index contributed by atoms with van der Waals surface area (Å²) < 4.78 is 0. The van der Waals surface area contributed by atoms with Crippen LogP contribution in [0.4, 0.5) is 5.69 Å². The van der Waals surface area contributed by atoms with Crippen molar-refractivity contribution in [3.05, 3.63) is 63.6 Å². The molecule has 1 heterocycles. The molecule has 2 aromatic carbocycles. The molecule has 0 aliphatic carbocycles. The van der Waals surface area contributed by atoms with Crippen molar-refractivity contribution < 1.29 is 14.4 Å². The van der Waals surface area contributed by atoms with E-state index >= 15 is 0 Å². The molecular formula is C20H19Cl2N3O3. The van der Waals surface area contributed by atoms with Crippen LogP contribution in [0.1, 0.15) is 28.8 Å². The number of carbonyl (C=O) groups is 3. The standard InChI is InChI=1S/C20H19Cl2N3O3/c21-14-5-8-16(17(22)10-14)20(28)24-12-18(26)23-11-13-3-6-15(7-4-13)25-9-1-2-19(25)27/h3-8,10H,1-2,9,11-12H2,(H,23,26)(H,24,28). The molecule has 2 aromatic rings. The fourth-order valence-corrected chi connectivity index (χ4v) is 3.40. The quantitative estimate of drug-likeness (QED) is 0.754. The van der Waals surface area contributed by atoms with Gasteiger partial charge in [-0.2, -0.15) is 0 Å². The van der Waals surface area contributed by atoms with Crippen LogP contribution in [0, 0.1) is 0 Å². The SMILES string of the molecule is O=C(CNC(=O)c1ccc(Cl)cc1Cl)NCc1ccc(N2CCCC2=O)cc1. The summed E-state index contributed by atoms with van der Waals surface area (Å²) in [4.78, 5) is 37.6. The van der Waals surface area contributed by atoms with Crippen molar-refractivity contribution in [2.75, 3.05) is 18.0 Å². The molecule has 0 spiro atoms. The maximum atomic E-state index is 12.1. The van der Waals surface area contributed by atoms with E-state index in [2.05, 4.69) is 10.6 Å². The van der Waals surface area contributed by atoms with E-state index in [0.717, 1.165) is 24.2 Å². The summed E-state index contributed by atoms with van der Waals surface area (Å²) in [7, 11) is 0. The number of hydrogen-bond donors (Lipinski definition) is 2. The second-order valence-electron chi connectivity index (χ2n) is 6.40. The van der Waals surface area contributed by atoms with Crippen LogP contribution in [0.5, 0.6) is 0 Å². The topological polar surface area (TPSA) is 78.5 Å². The molecule has 1 fully saturated rings.